The topological polar surface area (TPSA) is 96.2 Å². The summed E-state index contributed by atoms with van der Waals surface area (Å²) in [5.74, 6) is -0.704. The highest BCUT2D eigenvalue weighted by molar-refractivity contribution is 7.13. The number of rotatable bonds is 5. The minimum absolute atomic E-state index is 0.145. The molecule has 1 saturated heterocycles. The molecule has 1 aliphatic rings. The van der Waals surface area contributed by atoms with E-state index in [1.54, 1.807) is 35.5 Å². The lowest BCUT2D eigenvalue weighted by Crippen LogP contribution is -2.50. The lowest BCUT2D eigenvalue weighted by atomic mass is 10.2. The number of anilines is 1. The van der Waals surface area contributed by atoms with Crippen molar-refractivity contribution >= 4 is 28.3 Å². The van der Waals surface area contributed by atoms with Gasteiger partial charge in [0.05, 0.1) is 24.0 Å². The number of carbonyl (C=O) groups is 2. The van der Waals surface area contributed by atoms with Crippen molar-refractivity contribution in [3.8, 4) is 5.69 Å². The van der Waals surface area contributed by atoms with Crippen LogP contribution >= 0.6 is 11.3 Å². The van der Waals surface area contributed by atoms with E-state index < -0.39 is 5.82 Å². The molecule has 0 unspecified atom stereocenters. The third-order valence-electron chi connectivity index (χ3n) is 4.95. The zero-order valence-corrected chi connectivity index (χ0v) is 17.1. The molecule has 2 amide bonds. The Hall–Kier alpha value is -3.18. The predicted octanol–water partition coefficient (Wildman–Crippen LogP) is 1.57. The molecular weight excluding hydrogens is 409 g/mol. The van der Waals surface area contributed by atoms with Crippen molar-refractivity contribution in [2.24, 2.45) is 0 Å². The van der Waals surface area contributed by atoms with Gasteiger partial charge in [-0.3, -0.25) is 19.8 Å². The van der Waals surface area contributed by atoms with Crippen LogP contribution in [0, 0.1) is 12.7 Å². The van der Waals surface area contributed by atoms with E-state index in [1.807, 2.05) is 4.90 Å². The van der Waals surface area contributed by atoms with E-state index in [2.05, 4.69) is 20.6 Å². The number of amides is 2. The Kier molecular flexibility index (Phi) is 5.81. The molecule has 9 nitrogen and oxygen atoms in total. The first-order chi connectivity index (χ1) is 14.5. The number of benzene rings is 1. The molecule has 3 aromatic rings. The first-order valence-electron chi connectivity index (χ1n) is 9.40. The van der Waals surface area contributed by atoms with Gasteiger partial charge < -0.3 is 4.90 Å². The second-order valence-electron chi connectivity index (χ2n) is 6.87. The Morgan fingerprint density at radius 2 is 1.97 bits per heavy atom. The summed E-state index contributed by atoms with van der Waals surface area (Å²) in [7, 11) is 0. The number of halogens is 1. The number of aromatic nitrogens is 4. The molecule has 0 aliphatic carbocycles. The second-order valence-corrected chi connectivity index (χ2v) is 7.70. The lowest BCUT2D eigenvalue weighted by Gasteiger charge is -2.34. The zero-order chi connectivity index (χ0) is 21.1. The van der Waals surface area contributed by atoms with E-state index >= 15 is 0 Å². The molecule has 4 rings (SSSR count). The van der Waals surface area contributed by atoms with Gasteiger partial charge in [-0.15, -0.1) is 10.2 Å². The van der Waals surface area contributed by atoms with Crippen molar-refractivity contribution < 1.29 is 14.0 Å². The van der Waals surface area contributed by atoms with Crippen molar-refractivity contribution in [2.45, 2.75) is 6.92 Å². The fourth-order valence-corrected chi connectivity index (χ4v) is 3.82. The maximum atomic E-state index is 14.1. The Morgan fingerprint density at radius 3 is 2.67 bits per heavy atom. The number of para-hydroxylation sites is 1. The van der Waals surface area contributed by atoms with Gasteiger partial charge in [-0.2, -0.15) is 5.10 Å². The summed E-state index contributed by atoms with van der Waals surface area (Å²) in [6, 6.07) is 6.31. The maximum Gasteiger partial charge on any atom is 0.257 e. The highest BCUT2D eigenvalue weighted by Crippen LogP contribution is 2.19. The average Bonchev–Trinajstić information content (AvgIpc) is 3.38. The van der Waals surface area contributed by atoms with Crippen molar-refractivity contribution in [3.05, 3.63) is 53.0 Å². The Balaban J connectivity index is 1.36. The van der Waals surface area contributed by atoms with Gasteiger partial charge in [-0.1, -0.05) is 23.5 Å². The molecule has 156 valence electrons. The van der Waals surface area contributed by atoms with E-state index in [9.17, 15) is 14.0 Å². The number of hydrogen-bond acceptors (Lipinski definition) is 7. The molecule has 3 heterocycles. The zero-order valence-electron chi connectivity index (χ0n) is 16.3. The van der Waals surface area contributed by atoms with Crippen LogP contribution < -0.4 is 5.32 Å². The molecule has 2 aromatic heterocycles. The van der Waals surface area contributed by atoms with Crippen LogP contribution in [0.15, 0.2) is 36.0 Å². The molecule has 0 saturated carbocycles. The van der Waals surface area contributed by atoms with Gasteiger partial charge in [-0.25, -0.2) is 9.07 Å². The molecule has 0 bridgehead atoms. The summed E-state index contributed by atoms with van der Waals surface area (Å²) in [4.78, 5) is 28.8. The summed E-state index contributed by atoms with van der Waals surface area (Å²) < 4.78 is 15.5. The second kappa shape index (κ2) is 8.67. The first-order valence-corrected chi connectivity index (χ1v) is 10.3. The Morgan fingerprint density at radius 1 is 1.20 bits per heavy atom. The van der Waals surface area contributed by atoms with Gasteiger partial charge in [0.1, 0.15) is 17.0 Å². The molecule has 30 heavy (non-hydrogen) atoms. The molecular formula is C19H20FN7O2S. The number of carbonyl (C=O) groups excluding carboxylic acids is 2. The highest BCUT2D eigenvalue weighted by Gasteiger charge is 2.26. The van der Waals surface area contributed by atoms with Crippen LogP contribution in [0.2, 0.25) is 0 Å². The molecule has 11 heteroatoms. The van der Waals surface area contributed by atoms with Crippen LogP contribution in [0.4, 0.5) is 9.52 Å². The minimum Gasteiger partial charge on any atom is -0.336 e. The molecule has 1 N–H and O–H groups in total. The van der Waals surface area contributed by atoms with Crippen LogP contribution in [0.5, 0.6) is 0 Å². The van der Waals surface area contributed by atoms with Crippen molar-refractivity contribution in [1.29, 1.82) is 0 Å². The highest BCUT2D eigenvalue weighted by atomic mass is 32.1. The number of nitrogens with zero attached hydrogens (tertiary/aromatic N) is 6. The van der Waals surface area contributed by atoms with Crippen molar-refractivity contribution in [1.82, 2.24) is 29.8 Å². The van der Waals surface area contributed by atoms with Gasteiger partial charge in [0.2, 0.25) is 11.0 Å². The molecule has 1 fully saturated rings. The van der Waals surface area contributed by atoms with E-state index in [4.69, 9.17) is 0 Å². The van der Waals surface area contributed by atoms with Gasteiger partial charge >= 0.3 is 0 Å². The third kappa shape index (κ3) is 4.21. The molecule has 0 spiro atoms. The number of hydrogen-bond donors (Lipinski definition) is 1. The van der Waals surface area contributed by atoms with Crippen LogP contribution in [-0.4, -0.2) is 74.3 Å². The summed E-state index contributed by atoms with van der Waals surface area (Å²) in [6.07, 6.45) is 1.48. The molecule has 0 radical (unpaired) electrons. The van der Waals surface area contributed by atoms with E-state index in [-0.39, 0.29) is 18.4 Å². The van der Waals surface area contributed by atoms with E-state index in [0.29, 0.717) is 48.3 Å². The standard InChI is InChI=1S/C19H20FN7O2S/c1-13-14(10-22-27(13)16-5-3-2-4-15(16)20)18(29)26-8-6-25(7-9-26)11-17(28)23-19-24-21-12-30-19/h2-5,10,12H,6-9,11H2,1H3,(H,23,24,28). The number of nitrogens with one attached hydrogen (secondary N) is 1. The quantitative estimate of drug-likeness (QED) is 0.661. The van der Waals surface area contributed by atoms with Crippen LogP contribution in [0.1, 0.15) is 16.1 Å². The largest absolute Gasteiger partial charge is 0.336 e. The van der Waals surface area contributed by atoms with Crippen LogP contribution in [0.3, 0.4) is 0 Å². The fourth-order valence-electron chi connectivity index (χ4n) is 3.35. The first kappa shape index (κ1) is 20.1. The smallest absolute Gasteiger partial charge is 0.257 e. The Labute approximate surface area is 176 Å². The van der Waals surface area contributed by atoms with Crippen molar-refractivity contribution in [3.63, 3.8) is 0 Å². The van der Waals surface area contributed by atoms with Crippen molar-refractivity contribution in [2.75, 3.05) is 38.0 Å². The van der Waals surface area contributed by atoms with Gasteiger partial charge in [0.25, 0.3) is 5.91 Å². The van der Waals surface area contributed by atoms with Crippen LogP contribution in [0.25, 0.3) is 5.69 Å². The third-order valence-corrected chi connectivity index (χ3v) is 5.56. The maximum absolute atomic E-state index is 14.1. The molecule has 1 aliphatic heterocycles. The van der Waals surface area contributed by atoms with Gasteiger partial charge in [0, 0.05) is 26.2 Å². The summed E-state index contributed by atoms with van der Waals surface area (Å²) in [5, 5.41) is 14.8. The average molecular weight is 429 g/mol. The normalized spacial score (nSPS) is 14.7. The van der Waals surface area contributed by atoms with Crippen LogP contribution in [-0.2, 0) is 4.79 Å². The lowest BCUT2D eigenvalue weighted by molar-refractivity contribution is -0.117. The van der Waals surface area contributed by atoms with Gasteiger partial charge in [0.15, 0.2) is 0 Å². The monoisotopic (exact) mass is 429 g/mol. The van der Waals surface area contributed by atoms with E-state index in [1.165, 1.54) is 28.3 Å². The number of piperazine rings is 1. The summed E-state index contributed by atoms with van der Waals surface area (Å²) in [6.45, 7) is 4.13. The van der Waals surface area contributed by atoms with Gasteiger partial charge in [-0.05, 0) is 19.1 Å². The summed E-state index contributed by atoms with van der Waals surface area (Å²) in [5.41, 5.74) is 2.89. The molecule has 0 atom stereocenters. The molecule has 1 aromatic carbocycles. The predicted molar refractivity (Wildman–Crippen MR) is 109 cm³/mol. The van der Waals surface area contributed by atoms with E-state index in [0.717, 1.165) is 0 Å². The fraction of sp³-hybridized carbons (Fsp3) is 0.316. The minimum atomic E-state index is -0.400. The Bertz CT molecular complexity index is 1050. The summed E-state index contributed by atoms with van der Waals surface area (Å²) >= 11 is 1.26. The SMILES string of the molecule is Cc1c(C(=O)N2CCN(CC(=O)Nc3nncs3)CC2)cnn1-c1ccccc1F.